The zero-order chi connectivity index (χ0) is 18.1. The van der Waals surface area contributed by atoms with E-state index in [0.717, 1.165) is 4.90 Å². The average molecular weight is 371 g/mol. The molecule has 0 saturated carbocycles. The Hall–Kier alpha value is -1.63. The number of hydrogen-bond donors (Lipinski definition) is 1. The van der Waals surface area contributed by atoms with Gasteiger partial charge >= 0.3 is 6.03 Å². The number of amides is 3. The number of carbonyl (C=O) groups excluding carboxylic acids is 2. The van der Waals surface area contributed by atoms with Crippen molar-refractivity contribution in [1.82, 2.24) is 10.2 Å². The molecule has 1 unspecified atom stereocenters. The number of anilines is 1. The fourth-order valence-corrected chi connectivity index (χ4v) is 2.66. The lowest BCUT2D eigenvalue weighted by molar-refractivity contribution is -0.119. The highest BCUT2D eigenvalue weighted by atomic mass is 35.5. The normalized spacial score (nSPS) is 18.7. The molecule has 1 aromatic rings. The SMILES string of the molecule is CN1C(=O)C(=NC(CCl)NC(C)(C)C)N(c2ccccc2Cl)C1=O. The van der Waals surface area contributed by atoms with Crippen molar-refractivity contribution in [2.45, 2.75) is 32.5 Å². The molecule has 24 heavy (non-hydrogen) atoms. The molecule has 0 aliphatic carbocycles. The predicted molar refractivity (Wildman–Crippen MR) is 96.9 cm³/mol. The van der Waals surface area contributed by atoms with E-state index >= 15 is 0 Å². The molecule has 6 nitrogen and oxygen atoms in total. The van der Waals surface area contributed by atoms with Gasteiger partial charge in [0.05, 0.1) is 16.6 Å². The van der Waals surface area contributed by atoms with Crippen LogP contribution in [0.5, 0.6) is 0 Å². The lowest BCUT2D eigenvalue weighted by Crippen LogP contribution is -2.45. The number of rotatable bonds is 4. The molecule has 0 radical (unpaired) electrons. The van der Waals surface area contributed by atoms with Crippen LogP contribution < -0.4 is 10.2 Å². The summed E-state index contributed by atoms with van der Waals surface area (Å²) in [5, 5.41) is 3.56. The van der Waals surface area contributed by atoms with E-state index in [9.17, 15) is 9.59 Å². The van der Waals surface area contributed by atoms with Gasteiger partial charge in [-0.2, -0.15) is 0 Å². The van der Waals surface area contributed by atoms with Gasteiger partial charge in [-0.1, -0.05) is 23.7 Å². The Labute approximate surface area is 151 Å². The van der Waals surface area contributed by atoms with Crippen molar-refractivity contribution in [1.29, 1.82) is 0 Å². The minimum absolute atomic E-state index is 0.00185. The maximum atomic E-state index is 12.5. The molecule has 3 amide bonds. The molecule has 8 heteroatoms. The number of halogens is 2. The van der Waals surface area contributed by atoms with Gasteiger partial charge in [-0.05, 0) is 32.9 Å². The van der Waals surface area contributed by atoms with Crippen LogP contribution in [-0.2, 0) is 4.79 Å². The van der Waals surface area contributed by atoms with Gasteiger partial charge in [0.15, 0.2) is 0 Å². The monoisotopic (exact) mass is 370 g/mol. The van der Waals surface area contributed by atoms with E-state index in [0.29, 0.717) is 10.7 Å². The molecule has 1 saturated heterocycles. The Kier molecular flexibility index (Phi) is 5.52. The fraction of sp³-hybridized carbons (Fsp3) is 0.438. The molecule has 130 valence electrons. The molecule has 2 rings (SSSR count). The van der Waals surface area contributed by atoms with E-state index < -0.39 is 18.1 Å². The second-order valence-electron chi connectivity index (χ2n) is 6.45. The van der Waals surface area contributed by atoms with Crippen molar-refractivity contribution < 1.29 is 9.59 Å². The van der Waals surface area contributed by atoms with E-state index in [1.54, 1.807) is 24.3 Å². The van der Waals surface area contributed by atoms with Crippen LogP contribution in [0, 0.1) is 0 Å². The standard InChI is InChI=1S/C16H20Cl2N4O2/c1-16(2,3)20-12(9-17)19-13-14(23)21(4)15(24)22(13)11-8-6-5-7-10(11)18/h5-8,12,20H,9H2,1-4H3. The van der Waals surface area contributed by atoms with Crippen molar-refractivity contribution in [3.05, 3.63) is 29.3 Å². The van der Waals surface area contributed by atoms with Gasteiger partial charge in [0.1, 0.15) is 6.17 Å². The average Bonchev–Trinajstić information content (AvgIpc) is 2.70. The lowest BCUT2D eigenvalue weighted by atomic mass is 10.1. The number of hydrogen-bond acceptors (Lipinski definition) is 4. The number of imide groups is 1. The first-order chi connectivity index (χ1) is 11.2. The number of carbonyl (C=O) groups is 2. The molecule has 1 N–H and O–H groups in total. The van der Waals surface area contributed by atoms with Crippen LogP contribution in [0.25, 0.3) is 0 Å². The summed E-state index contributed by atoms with van der Waals surface area (Å²) in [6, 6.07) is 6.29. The number of nitrogens with zero attached hydrogens (tertiary/aromatic N) is 3. The quantitative estimate of drug-likeness (QED) is 0.654. The van der Waals surface area contributed by atoms with Crippen LogP contribution in [0.1, 0.15) is 20.8 Å². The van der Waals surface area contributed by atoms with E-state index in [1.165, 1.54) is 11.9 Å². The third kappa shape index (κ3) is 3.88. The molecule has 0 aromatic heterocycles. The maximum Gasteiger partial charge on any atom is 0.337 e. The predicted octanol–water partition coefficient (Wildman–Crippen LogP) is 3.09. The van der Waals surface area contributed by atoms with Gasteiger partial charge in [0.25, 0.3) is 5.91 Å². The molecule has 0 spiro atoms. The minimum atomic E-state index is -0.519. The Balaban J connectivity index is 2.47. The Morgan fingerprint density at radius 3 is 2.42 bits per heavy atom. The van der Waals surface area contributed by atoms with E-state index in [1.807, 2.05) is 20.8 Å². The van der Waals surface area contributed by atoms with Gasteiger partial charge in [-0.3, -0.25) is 15.0 Å². The minimum Gasteiger partial charge on any atom is -0.290 e. The van der Waals surface area contributed by atoms with Crippen LogP contribution in [0.15, 0.2) is 29.3 Å². The van der Waals surface area contributed by atoms with Crippen LogP contribution in [0.2, 0.25) is 5.02 Å². The molecule has 1 atom stereocenters. The Morgan fingerprint density at radius 2 is 1.88 bits per heavy atom. The highest BCUT2D eigenvalue weighted by molar-refractivity contribution is 6.55. The van der Waals surface area contributed by atoms with E-state index in [4.69, 9.17) is 23.2 Å². The maximum absolute atomic E-state index is 12.5. The molecule has 1 aliphatic heterocycles. The largest absolute Gasteiger partial charge is 0.337 e. The summed E-state index contributed by atoms with van der Waals surface area (Å²) < 4.78 is 0. The number of para-hydroxylation sites is 1. The number of benzene rings is 1. The van der Waals surface area contributed by atoms with Crippen LogP contribution in [-0.4, -0.2) is 47.3 Å². The van der Waals surface area contributed by atoms with Crippen LogP contribution >= 0.6 is 23.2 Å². The van der Waals surface area contributed by atoms with Crippen LogP contribution in [0.3, 0.4) is 0 Å². The number of aliphatic imine (C=N–C) groups is 1. The van der Waals surface area contributed by atoms with Crippen molar-refractivity contribution >= 4 is 46.7 Å². The zero-order valence-corrected chi connectivity index (χ0v) is 15.5. The first-order valence-corrected chi connectivity index (χ1v) is 8.35. The summed E-state index contributed by atoms with van der Waals surface area (Å²) in [5.41, 5.74) is 0.154. The summed E-state index contributed by atoms with van der Waals surface area (Å²) in [7, 11) is 1.41. The summed E-state index contributed by atoms with van der Waals surface area (Å²) in [6.07, 6.45) is -0.519. The van der Waals surface area contributed by atoms with Crippen molar-refractivity contribution in [2.24, 2.45) is 4.99 Å². The number of amidine groups is 1. The summed E-state index contributed by atoms with van der Waals surface area (Å²) in [4.78, 5) is 31.5. The fourth-order valence-electron chi connectivity index (χ4n) is 2.29. The highest BCUT2D eigenvalue weighted by Gasteiger charge is 2.42. The molecule has 1 aliphatic rings. The summed E-state index contributed by atoms with van der Waals surface area (Å²) >= 11 is 12.2. The number of likely N-dealkylation sites (N-methyl/N-ethyl adjacent to an activating group) is 1. The molecular formula is C16H20Cl2N4O2. The second kappa shape index (κ2) is 7.09. The Morgan fingerprint density at radius 1 is 1.25 bits per heavy atom. The third-order valence-electron chi connectivity index (χ3n) is 3.30. The smallest absolute Gasteiger partial charge is 0.290 e. The first-order valence-electron chi connectivity index (χ1n) is 7.44. The lowest BCUT2D eigenvalue weighted by Gasteiger charge is -2.25. The third-order valence-corrected chi connectivity index (χ3v) is 3.92. The van der Waals surface area contributed by atoms with Crippen molar-refractivity contribution in [3.8, 4) is 0 Å². The molecule has 1 heterocycles. The van der Waals surface area contributed by atoms with E-state index in [-0.39, 0.29) is 17.3 Å². The van der Waals surface area contributed by atoms with Gasteiger partial charge < -0.3 is 0 Å². The van der Waals surface area contributed by atoms with Crippen molar-refractivity contribution in [3.63, 3.8) is 0 Å². The molecule has 0 bridgehead atoms. The summed E-state index contributed by atoms with van der Waals surface area (Å²) in [5.74, 6) is -0.341. The second-order valence-corrected chi connectivity index (χ2v) is 7.17. The molecule has 1 fully saturated rings. The number of alkyl halides is 1. The highest BCUT2D eigenvalue weighted by Crippen LogP contribution is 2.29. The zero-order valence-electron chi connectivity index (χ0n) is 14.0. The van der Waals surface area contributed by atoms with Gasteiger partial charge in [-0.15, -0.1) is 11.6 Å². The van der Waals surface area contributed by atoms with E-state index in [2.05, 4.69) is 10.3 Å². The topological polar surface area (TPSA) is 65.0 Å². The van der Waals surface area contributed by atoms with Gasteiger partial charge in [0, 0.05) is 12.6 Å². The molecular weight excluding hydrogens is 351 g/mol. The molecule has 1 aromatic carbocycles. The first kappa shape index (κ1) is 18.7. The number of nitrogens with one attached hydrogen (secondary N) is 1. The van der Waals surface area contributed by atoms with Crippen LogP contribution in [0.4, 0.5) is 10.5 Å². The Bertz CT molecular complexity index is 685. The summed E-state index contributed by atoms with van der Waals surface area (Å²) in [6.45, 7) is 5.89. The van der Waals surface area contributed by atoms with Gasteiger partial charge in [0.2, 0.25) is 5.84 Å². The van der Waals surface area contributed by atoms with Crippen molar-refractivity contribution in [2.75, 3.05) is 17.8 Å². The number of urea groups is 1. The van der Waals surface area contributed by atoms with Gasteiger partial charge in [-0.25, -0.2) is 14.7 Å².